The van der Waals surface area contributed by atoms with Crippen LogP contribution in [0.2, 0.25) is 0 Å². The maximum Gasteiger partial charge on any atom is 0.306 e. The number of aliphatic carboxylic acids is 1. The van der Waals surface area contributed by atoms with Crippen molar-refractivity contribution in [3.05, 3.63) is 83.9 Å². The molecular weight excluding hydrogens is 885 g/mol. The second-order valence-electron chi connectivity index (χ2n) is 24.7. The van der Waals surface area contributed by atoms with Crippen molar-refractivity contribution in [3.8, 4) is 11.5 Å². The van der Waals surface area contributed by atoms with E-state index in [1.54, 1.807) is 0 Å². The third kappa shape index (κ3) is 14.6. The number of carbonyl (C=O) groups is 3. The Labute approximate surface area is 425 Å². The van der Waals surface area contributed by atoms with Crippen molar-refractivity contribution in [1.29, 1.82) is 0 Å². The van der Waals surface area contributed by atoms with Crippen molar-refractivity contribution >= 4 is 40.3 Å². The number of benzene rings is 4. The lowest BCUT2D eigenvalue weighted by atomic mass is 9.72. The van der Waals surface area contributed by atoms with Crippen molar-refractivity contribution in [2.45, 2.75) is 169 Å². The topological polar surface area (TPSA) is 114 Å². The van der Waals surface area contributed by atoms with Gasteiger partial charge in [0.1, 0.15) is 23.9 Å². The predicted molar refractivity (Wildman–Crippen MR) is 286 cm³/mol. The number of nitrogens with zero attached hydrogens (tertiary/aromatic N) is 1. The third-order valence-corrected chi connectivity index (χ3v) is 17.9. The average Bonchev–Trinajstić information content (AvgIpc) is 3.33. The standard InChI is InChI=1S/C31H43NO3.C21H26O2.C10H17NO2/c1-31(2,3)27-11-14-28(15-12-27)35-29-13-10-24-16-21(4-5-25(24)17-29)18-32-19-26(20-32)22-6-8-23(9-7-22)30(33)34;1-21(2,3)18-7-10-19(11-8-18)23-20-9-6-16-12-15(14-22)4-5-17(16)13-20;12-7-13-10-3-1-8(2-4-10)9-5-11-6-9/h4-5,10,13,16-17,22-23,26-28H,6-9,11-12,14-15,18-20H2,1-3H3,(H,33,34);4-6,9,12-14,18-19H,7-8,10-11H2,1-3H3;7-11H,1-6H2. The first-order valence-corrected chi connectivity index (χ1v) is 27.7. The lowest BCUT2D eigenvalue weighted by Gasteiger charge is -2.45. The van der Waals surface area contributed by atoms with E-state index in [-0.39, 0.29) is 12.0 Å². The lowest BCUT2D eigenvalue weighted by Crippen LogP contribution is -2.50. The maximum atomic E-state index is 11.2. The summed E-state index contributed by atoms with van der Waals surface area (Å²) in [6, 6.07) is 25.3. The molecule has 10 rings (SSSR count). The number of rotatable bonds is 12. The molecule has 4 aliphatic carbocycles. The summed E-state index contributed by atoms with van der Waals surface area (Å²) in [5, 5.41) is 17.3. The van der Waals surface area contributed by atoms with E-state index in [0.717, 1.165) is 148 Å². The fourth-order valence-corrected chi connectivity index (χ4v) is 12.9. The number of ether oxygens (including phenoxy) is 3. The minimum absolute atomic E-state index is 0.102. The summed E-state index contributed by atoms with van der Waals surface area (Å²) in [7, 11) is 0. The molecule has 0 spiro atoms. The number of hydrogen-bond acceptors (Lipinski definition) is 8. The van der Waals surface area contributed by atoms with Crippen LogP contribution in [0, 0.1) is 52.3 Å². The molecule has 4 aromatic rings. The van der Waals surface area contributed by atoms with E-state index >= 15 is 0 Å². The highest BCUT2D eigenvalue weighted by atomic mass is 16.5. The van der Waals surface area contributed by atoms with E-state index < -0.39 is 5.97 Å². The Bertz CT molecular complexity index is 2340. The third-order valence-electron chi connectivity index (χ3n) is 17.9. The zero-order chi connectivity index (χ0) is 50.1. The number of carbonyl (C=O) groups excluding carboxylic acids is 2. The molecule has 0 bridgehead atoms. The first kappa shape index (κ1) is 52.8. The van der Waals surface area contributed by atoms with Crippen LogP contribution in [0.4, 0.5) is 0 Å². The van der Waals surface area contributed by atoms with Crippen LogP contribution >= 0.6 is 0 Å². The molecule has 2 aliphatic heterocycles. The smallest absolute Gasteiger partial charge is 0.306 e. The summed E-state index contributed by atoms with van der Waals surface area (Å²) in [6.45, 7) is 20.4. The Kier molecular flexibility index (Phi) is 17.9. The fraction of sp³-hybridized carbons (Fsp3) is 0.629. The van der Waals surface area contributed by atoms with Gasteiger partial charge in [0, 0.05) is 25.2 Å². The van der Waals surface area contributed by atoms with Crippen molar-refractivity contribution < 1.29 is 33.7 Å². The normalized spacial score (nSPS) is 27.6. The molecule has 0 radical (unpaired) electrons. The molecule has 0 atom stereocenters. The van der Waals surface area contributed by atoms with Crippen molar-refractivity contribution in [2.24, 2.45) is 52.3 Å². The van der Waals surface area contributed by atoms with E-state index in [4.69, 9.17) is 14.2 Å². The predicted octanol–water partition coefficient (Wildman–Crippen LogP) is 13.7. The summed E-state index contributed by atoms with van der Waals surface area (Å²) in [5.41, 5.74) is 2.90. The van der Waals surface area contributed by atoms with Gasteiger partial charge >= 0.3 is 5.97 Å². The summed E-state index contributed by atoms with van der Waals surface area (Å²) < 4.78 is 17.6. The van der Waals surface area contributed by atoms with Crippen LogP contribution in [-0.2, 0) is 20.9 Å². The van der Waals surface area contributed by atoms with Gasteiger partial charge in [0.2, 0.25) is 0 Å². The second kappa shape index (κ2) is 24.0. The van der Waals surface area contributed by atoms with Crippen molar-refractivity contribution in [3.63, 3.8) is 0 Å². The van der Waals surface area contributed by atoms with Crippen LogP contribution in [0.3, 0.4) is 0 Å². The van der Waals surface area contributed by atoms with Gasteiger partial charge in [0.25, 0.3) is 6.47 Å². The second-order valence-corrected chi connectivity index (χ2v) is 24.7. The SMILES string of the molecule is CC(C)(C)C1CCC(Oc2ccc3cc(C=O)ccc3c2)CC1.CC(C)(C)C1CCC(Oc2ccc3cc(CN4CC(C5CCC(C(=O)O)CC5)C4)ccc3c2)CC1.O=COC1CCC(C2CNC2)CC1. The summed E-state index contributed by atoms with van der Waals surface area (Å²) in [5.74, 6) is 6.12. The minimum Gasteiger partial charge on any atom is -0.490 e. The molecule has 6 fully saturated rings. The van der Waals surface area contributed by atoms with Crippen LogP contribution in [-0.4, -0.2) is 73.2 Å². The van der Waals surface area contributed by atoms with Crippen LogP contribution in [0.15, 0.2) is 72.8 Å². The zero-order valence-corrected chi connectivity index (χ0v) is 44.0. The Morgan fingerprint density at radius 1 is 0.563 bits per heavy atom. The molecule has 4 aromatic carbocycles. The Balaban J connectivity index is 0.000000160. The molecule has 2 heterocycles. The van der Waals surface area contributed by atoms with Gasteiger partial charge in [-0.3, -0.25) is 19.3 Å². The molecule has 4 saturated carbocycles. The molecule has 2 saturated heterocycles. The molecule has 386 valence electrons. The van der Waals surface area contributed by atoms with Crippen LogP contribution in [0.25, 0.3) is 21.5 Å². The van der Waals surface area contributed by atoms with E-state index in [2.05, 4.69) is 94.2 Å². The van der Waals surface area contributed by atoms with E-state index in [9.17, 15) is 19.5 Å². The quantitative estimate of drug-likeness (QED) is 0.134. The number of carboxylic acids is 1. The van der Waals surface area contributed by atoms with Crippen LogP contribution in [0.5, 0.6) is 11.5 Å². The number of hydrogen-bond donors (Lipinski definition) is 2. The highest BCUT2D eigenvalue weighted by Crippen LogP contribution is 2.42. The number of aldehydes is 1. The molecule has 9 nitrogen and oxygen atoms in total. The highest BCUT2D eigenvalue weighted by Gasteiger charge is 2.37. The Morgan fingerprint density at radius 3 is 1.51 bits per heavy atom. The number of nitrogens with one attached hydrogen (secondary N) is 1. The molecule has 2 N–H and O–H groups in total. The Hall–Kier alpha value is -4.47. The average molecular weight is 971 g/mol. The van der Waals surface area contributed by atoms with E-state index in [1.807, 2.05) is 30.3 Å². The van der Waals surface area contributed by atoms with E-state index in [0.29, 0.717) is 35.1 Å². The van der Waals surface area contributed by atoms with Gasteiger partial charge in [-0.2, -0.15) is 0 Å². The largest absolute Gasteiger partial charge is 0.490 e. The number of carboxylic acid groups (broad SMARTS) is 1. The van der Waals surface area contributed by atoms with Gasteiger partial charge < -0.3 is 24.6 Å². The van der Waals surface area contributed by atoms with Gasteiger partial charge in [-0.1, -0.05) is 77.9 Å². The lowest BCUT2D eigenvalue weighted by molar-refractivity contribution is -0.143. The van der Waals surface area contributed by atoms with E-state index in [1.165, 1.54) is 68.0 Å². The van der Waals surface area contributed by atoms with Crippen molar-refractivity contribution in [2.75, 3.05) is 26.2 Å². The Morgan fingerprint density at radius 2 is 1.03 bits per heavy atom. The van der Waals surface area contributed by atoms with Gasteiger partial charge in [0.15, 0.2) is 0 Å². The summed E-state index contributed by atoms with van der Waals surface area (Å²) >= 11 is 0. The minimum atomic E-state index is -0.600. The monoisotopic (exact) mass is 971 g/mol. The molecule has 0 unspecified atom stereocenters. The number of fused-ring (bicyclic) bond motifs is 2. The van der Waals surface area contributed by atoms with Crippen LogP contribution in [0.1, 0.15) is 160 Å². The highest BCUT2D eigenvalue weighted by molar-refractivity contribution is 5.89. The molecule has 0 amide bonds. The van der Waals surface area contributed by atoms with Crippen molar-refractivity contribution in [1.82, 2.24) is 10.2 Å². The van der Waals surface area contributed by atoms with Gasteiger partial charge in [0.05, 0.1) is 18.1 Å². The molecule has 9 heteroatoms. The maximum absolute atomic E-state index is 11.2. The summed E-state index contributed by atoms with van der Waals surface area (Å²) in [6.07, 6.45) is 20.0. The number of likely N-dealkylation sites (tertiary alicyclic amines) is 1. The first-order chi connectivity index (χ1) is 34.1. The van der Waals surface area contributed by atoms with Gasteiger partial charge in [-0.15, -0.1) is 0 Å². The van der Waals surface area contributed by atoms with Gasteiger partial charge in [-0.25, -0.2) is 0 Å². The molecule has 0 aromatic heterocycles. The van der Waals surface area contributed by atoms with Crippen LogP contribution < -0.4 is 14.8 Å². The fourth-order valence-electron chi connectivity index (χ4n) is 12.9. The summed E-state index contributed by atoms with van der Waals surface area (Å²) in [4.78, 5) is 34.7. The molecule has 71 heavy (non-hydrogen) atoms. The molecular formula is C62H86N2O7. The molecule has 6 aliphatic rings. The van der Waals surface area contributed by atoms with Gasteiger partial charge in [-0.05, 0) is 226 Å². The first-order valence-electron chi connectivity index (χ1n) is 27.7. The zero-order valence-electron chi connectivity index (χ0n) is 44.0.